The second kappa shape index (κ2) is 4.65. The molecule has 0 heterocycles. The zero-order chi connectivity index (χ0) is 10.6. The van der Waals surface area contributed by atoms with Gasteiger partial charge in [-0.1, -0.05) is 20.8 Å². The van der Waals surface area contributed by atoms with Gasteiger partial charge < -0.3 is 5.11 Å². The number of rotatable bonds is 5. The number of hydrogen-bond donors (Lipinski definition) is 2. The Kier molecular flexibility index (Phi) is 4.47. The van der Waals surface area contributed by atoms with Crippen molar-refractivity contribution < 1.29 is 14.7 Å². The van der Waals surface area contributed by atoms with Gasteiger partial charge in [0.2, 0.25) is 0 Å². The fourth-order valence-electron chi connectivity index (χ4n) is 1.01. The first-order valence-electron chi connectivity index (χ1n) is 4.26. The van der Waals surface area contributed by atoms with Gasteiger partial charge in [-0.2, -0.15) is 12.6 Å². The van der Waals surface area contributed by atoms with Crippen LogP contribution in [0.25, 0.3) is 0 Å². The van der Waals surface area contributed by atoms with Gasteiger partial charge in [0.15, 0.2) is 0 Å². The minimum Gasteiger partial charge on any atom is -0.481 e. The Labute approximate surface area is 83.9 Å². The van der Waals surface area contributed by atoms with Crippen molar-refractivity contribution in [1.82, 2.24) is 0 Å². The van der Waals surface area contributed by atoms with E-state index in [9.17, 15) is 9.59 Å². The van der Waals surface area contributed by atoms with Crippen LogP contribution >= 0.6 is 12.6 Å². The lowest BCUT2D eigenvalue weighted by Gasteiger charge is -2.25. The number of carbonyl (C=O) groups is 2. The van der Waals surface area contributed by atoms with Crippen LogP contribution in [0.3, 0.4) is 0 Å². The number of hydrogen-bond acceptors (Lipinski definition) is 3. The van der Waals surface area contributed by atoms with Gasteiger partial charge in [-0.25, -0.2) is 0 Å². The number of aliphatic carboxylic acids is 1. The first-order chi connectivity index (χ1) is 5.79. The molecule has 0 radical (unpaired) electrons. The zero-order valence-corrected chi connectivity index (χ0v) is 9.10. The summed E-state index contributed by atoms with van der Waals surface area (Å²) < 4.78 is -0.656. The Morgan fingerprint density at radius 2 is 1.92 bits per heavy atom. The van der Waals surface area contributed by atoms with E-state index in [1.165, 1.54) is 0 Å². The third kappa shape index (κ3) is 4.31. The molecule has 0 aliphatic rings. The Morgan fingerprint density at radius 1 is 1.46 bits per heavy atom. The lowest BCUT2D eigenvalue weighted by Crippen LogP contribution is -2.33. The minimum atomic E-state index is -0.957. The Morgan fingerprint density at radius 3 is 2.15 bits per heavy atom. The number of ketones is 1. The van der Waals surface area contributed by atoms with E-state index >= 15 is 0 Å². The quantitative estimate of drug-likeness (QED) is 0.671. The van der Waals surface area contributed by atoms with Crippen molar-refractivity contribution in [2.75, 3.05) is 0 Å². The molecule has 0 aliphatic carbocycles. The lowest BCUT2D eigenvalue weighted by atomic mass is 9.89. The van der Waals surface area contributed by atoms with E-state index in [2.05, 4.69) is 12.6 Å². The largest absolute Gasteiger partial charge is 0.481 e. The number of thiol groups is 1. The molecular weight excluding hydrogens is 188 g/mol. The molecule has 3 nitrogen and oxygen atoms in total. The van der Waals surface area contributed by atoms with Crippen molar-refractivity contribution in [3.63, 3.8) is 0 Å². The molecule has 1 N–H and O–H groups in total. The third-order valence-electron chi connectivity index (χ3n) is 1.98. The maximum atomic E-state index is 11.1. The van der Waals surface area contributed by atoms with Crippen LogP contribution in [0.15, 0.2) is 0 Å². The van der Waals surface area contributed by atoms with Crippen LogP contribution in [0.4, 0.5) is 0 Å². The number of carboxylic acid groups (broad SMARTS) is 1. The first kappa shape index (κ1) is 12.5. The molecule has 13 heavy (non-hydrogen) atoms. The smallest absolute Gasteiger partial charge is 0.308 e. The van der Waals surface area contributed by atoms with Crippen LogP contribution in [-0.2, 0) is 9.59 Å². The van der Waals surface area contributed by atoms with E-state index in [4.69, 9.17) is 5.11 Å². The SMILES string of the molecule is CCC(=O)CC(C(=O)O)C(C)(C)S. The van der Waals surface area contributed by atoms with Gasteiger partial charge in [0.05, 0.1) is 5.92 Å². The summed E-state index contributed by atoms with van der Waals surface area (Å²) in [6.45, 7) is 5.14. The van der Waals surface area contributed by atoms with Crippen LogP contribution < -0.4 is 0 Å². The van der Waals surface area contributed by atoms with E-state index in [0.29, 0.717) is 6.42 Å². The van der Waals surface area contributed by atoms with Gasteiger partial charge in [0.1, 0.15) is 5.78 Å². The first-order valence-corrected chi connectivity index (χ1v) is 4.70. The molecular formula is C9H16O3S. The maximum Gasteiger partial charge on any atom is 0.308 e. The predicted octanol–water partition coefficient (Wildman–Crippen LogP) is 1.76. The Hall–Kier alpha value is -0.510. The van der Waals surface area contributed by atoms with Crippen molar-refractivity contribution in [1.29, 1.82) is 0 Å². The average molecular weight is 204 g/mol. The molecule has 0 fully saturated rings. The highest BCUT2D eigenvalue weighted by Crippen LogP contribution is 2.27. The topological polar surface area (TPSA) is 54.4 Å². The van der Waals surface area contributed by atoms with Crippen LogP contribution in [0, 0.1) is 5.92 Å². The molecule has 0 aromatic heterocycles. The van der Waals surface area contributed by atoms with Gasteiger partial charge in [-0.3, -0.25) is 9.59 Å². The Bertz CT molecular complexity index is 205. The summed E-state index contributed by atoms with van der Waals surface area (Å²) >= 11 is 4.17. The van der Waals surface area contributed by atoms with E-state index in [1.54, 1.807) is 20.8 Å². The number of Topliss-reactive ketones (excluding diaryl/α,β-unsaturated/α-hetero) is 1. The van der Waals surface area contributed by atoms with Crippen LogP contribution in [-0.4, -0.2) is 21.6 Å². The lowest BCUT2D eigenvalue weighted by molar-refractivity contribution is -0.144. The zero-order valence-electron chi connectivity index (χ0n) is 8.20. The molecule has 76 valence electrons. The summed E-state index contributed by atoms with van der Waals surface area (Å²) in [5.74, 6) is -1.69. The highest BCUT2D eigenvalue weighted by Gasteiger charge is 2.33. The molecule has 0 aromatic carbocycles. The standard InChI is InChI=1S/C9H16O3S/c1-4-6(10)5-7(8(11)12)9(2,3)13/h7,13H,4-5H2,1-3H3,(H,11,12). The van der Waals surface area contributed by atoms with Gasteiger partial charge >= 0.3 is 5.97 Å². The summed E-state index contributed by atoms with van der Waals surface area (Å²) in [5.41, 5.74) is 0. The number of carboxylic acids is 1. The second-order valence-corrected chi connectivity index (χ2v) is 4.79. The molecule has 0 spiro atoms. The van der Waals surface area contributed by atoms with Crippen molar-refractivity contribution in [3.8, 4) is 0 Å². The van der Waals surface area contributed by atoms with E-state index in [-0.39, 0.29) is 12.2 Å². The summed E-state index contributed by atoms with van der Waals surface area (Å²) in [5, 5.41) is 8.85. The van der Waals surface area contributed by atoms with Gasteiger partial charge in [0, 0.05) is 17.6 Å². The number of carbonyl (C=O) groups excluding carboxylic acids is 1. The average Bonchev–Trinajstić information content (AvgIpc) is 1.96. The summed E-state index contributed by atoms with van der Waals surface area (Å²) in [6.07, 6.45) is 0.454. The predicted molar refractivity (Wildman–Crippen MR) is 54.1 cm³/mol. The minimum absolute atomic E-state index is 0.0328. The maximum absolute atomic E-state index is 11.1. The van der Waals surface area contributed by atoms with Crippen molar-refractivity contribution >= 4 is 24.4 Å². The van der Waals surface area contributed by atoms with Gasteiger partial charge in [-0.05, 0) is 0 Å². The van der Waals surface area contributed by atoms with Crippen LogP contribution in [0.2, 0.25) is 0 Å². The fraction of sp³-hybridized carbons (Fsp3) is 0.778. The monoisotopic (exact) mass is 204 g/mol. The van der Waals surface area contributed by atoms with Crippen molar-refractivity contribution in [3.05, 3.63) is 0 Å². The molecule has 0 saturated carbocycles. The van der Waals surface area contributed by atoms with E-state index < -0.39 is 16.6 Å². The molecule has 0 amide bonds. The summed E-state index contributed by atoms with van der Waals surface area (Å²) in [4.78, 5) is 21.9. The molecule has 1 atom stereocenters. The molecule has 0 saturated heterocycles. The van der Waals surface area contributed by atoms with Crippen molar-refractivity contribution in [2.24, 2.45) is 5.92 Å². The second-order valence-electron chi connectivity index (χ2n) is 3.64. The highest BCUT2D eigenvalue weighted by atomic mass is 32.1. The summed E-state index contributed by atoms with van der Waals surface area (Å²) in [6, 6.07) is 0. The normalized spacial score (nSPS) is 13.8. The van der Waals surface area contributed by atoms with E-state index in [0.717, 1.165) is 0 Å². The van der Waals surface area contributed by atoms with Crippen LogP contribution in [0.5, 0.6) is 0 Å². The Balaban J connectivity index is 4.46. The van der Waals surface area contributed by atoms with Gasteiger partial charge in [-0.15, -0.1) is 0 Å². The van der Waals surface area contributed by atoms with Gasteiger partial charge in [0.25, 0.3) is 0 Å². The highest BCUT2D eigenvalue weighted by molar-refractivity contribution is 7.81. The van der Waals surface area contributed by atoms with Crippen molar-refractivity contribution in [2.45, 2.75) is 38.4 Å². The van der Waals surface area contributed by atoms with E-state index in [1.807, 2.05) is 0 Å². The molecule has 1 unspecified atom stereocenters. The summed E-state index contributed by atoms with van der Waals surface area (Å²) in [7, 11) is 0. The molecule has 0 bridgehead atoms. The van der Waals surface area contributed by atoms with Crippen LogP contribution in [0.1, 0.15) is 33.6 Å². The molecule has 0 rings (SSSR count). The third-order valence-corrected chi connectivity index (χ3v) is 2.29. The molecule has 4 heteroatoms. The molecule has 0 aliphatic heterocycles. The molecule has 0 aromatic rings. The fourth-order valence-corrected chi connectivity index (χ4v) is 1.21.